The Balaban J connectivity index is 2.64. The van der Waals surface area contributed by atoms with Crippen molar-refractivity contribution in [3.63, 3.8) is 0 Å². The van der Waals surface area contributed by atoms with E-state index in [2.05, 4.69) is 14.9 Å². The highest BCUT2D eigenvalue weighted by atomic mass is 32.2. The lowest BCUT2D eigenvalue weighted by molar-refractivity contribution is 0.251. The molecule has 0 spiro atoms. The number of aliphatic hydroxyl groups is 1. The van der Waals surface area contributed by atoms with Gasteiger partial charge in [0, 0.05) is 13.2 Å². The number of rotatable bonds is 8. The summed E-state index contributed by atoms with van der Waals surface area (Å²) in [7, 11) is -3.50. The molecular weight excluding hydrogens is 254 g/mol. The Morgan fingerprint density at radius 1 is 1.50 bits per heavy atom. The number of hydrogen-bond donors (Lipinski definition) is 3. The number of nitrogens with zero attached hydrogens (tertiary/aromatic N) is 1. The average Bonchev–Trinajstić information content (AvgIpc) is 2.74. The third-order valence-corrected chi connectivity index (χ3v) is 4.41. The molecule has 1 aromatic heterocycles. The van der Waals surface area contributed by atoms with Crippen molar-refractivity contribution in [3.8, 4) is 0 Å². The third-order valence-electron chi connectivity index (χ3n) is 2.87. The summed E-state index contributed by atoms with van der Waals surface area (Å²) in [5.74, 6) is 0.169. The summed E-state index contributed by atoms with van der Waals surface area (Å²) in [5, 5.41) is 15.2. The maximum absolute atomic E-state index is 12.0. The van der Waals surface area contributed by atoms with Crippen molar-refractivity contribution >= 4 is 10.0 Å². The van der Waals surface area contributed by atoms with E-state index in [1.165, 1.54) is 6.20 Å². The van der Waals surface area contributed by atoms with E-state index in [-0.39, 0.29) is 17.4 Å². The first-order valence-corrected chi connectivity index (χ1v) is 7.60. The minimum atomic E-state index is -3.50. The second-order valence-electron chi connectivity index (χ2n) is 4.38. The molecule has 1 heterocycles. The monoisotopic (exact) mass is 275 g/mol. The molecule has 1 rings (SSSR count). The first-order chi connectivity index (χ1) is 8.51. The summed E-state index contributed by atoms with van der Waals surface area (Å²) in [4.78, 5) is 0.182. The fourth-order valence-electron chi connectivity index (χ4n) is 1.86. The predicted octanol–water partition coefficient (Wildman–Crippen LogP) is 0.795. The van der Waals surface area contributed by atoms with Gasteiger partial charge in [-0.15, -0.1) is 0 Å². The Morgan fingerprint density at radius 3 is 2.72 bits per heavy atom. The minimum absolute atomic E-state index is 0.0805. The molecule has 0 aliphatic carbocycles. The maximum atomic E-state index is 12.0. The molecule has 1 unspecified atom stereocenters. The molecule has 0 radical (unpaired) electrons. The number of aromatic nitrogens is 2. The Morgan fingerprint density at radius 2 is 2.22 bits per heavy atom. The zero-order valence-electron chi connectivity index (χ0n) is 10.8. The van der Waals surface area contributed by atoms with Gasteiger partial charge in [-0.05, 0) is 25.7 Å². The van der Waals surface area contributed by atoms with E-state index in [0.717, 1.165) is 12.8 Å². The van der Waals surface area contributed by atoms with Crippen LogP contribution in [-0.4, -0.2) is 36.9 Å². The quantitative estimate of drug-likeness (QED) is 0.654. The van der Waals surface area contributed by atoms with Crippen LogP contribution in [-0.2, 0) is 10.0 Å². The number of aromatic amines is 1. The highest BCUT2D eigenvalue weighted by Gasteiger charge is 2.19. The van der Waals surface area contributed by atoms with Gasteiger partial charge in [0.25, 0.3) is 0 Å². The first-order valence-electron chi connectivity index (χ1n) is 6.11. The lowest BCUT2D eigenvalue weighted by Crippen LogP contribution is -2.30. The summed E-state index contributed by atoms with van der Waals surface area (Å²) in [6.07, 6.45) is 3.78. The molecule has 0 bridgehead atoms. The summed E-state index contributed by atoms with van der Waals surface area (Å²) in [6.45, 7) is 4.14. The van der Waals surface area contributed by atoms with E-state index >= 15 is 0 Å². The van der Waals surface area contributed by atoms with E-state index in [1.54, 1.807) is 6.92 Å². The van der Waals surface area contributed by atoms with Crippen molar-refractivity contribution in [2.45, 2.75) is 38.0 Å². The topological polar surface area (TPSA) is 95.1 Å². The molecule has 7 heteroatoms. The van der Waals surface area contributed by atoms with Gasteiger partial charge in [0.15, 0.2) is 0 Å². The van der Waals surface area contributed by atoms with Crippen LogP contribution in [0.1, 0.15) is 31.9 Å². The summed E-state index contributed by atoms with van der Waals surface area (Å²) in [5.41, 5.74) is 0.525. The molecule has 0 saturated heterocycles. The van der Waals surface area contributed by atoms with Crippen molar-refractivity contribution in [2.75, 3.05) is 13.2 Å². The Labute approximate surface area is 108 Å². The Bertz CT molecular complexity index is 450. The number of aryl methyl sites for hydroxylation is 1. The molecule has 18 heavy (non-hydrogen) atoms. The van der Waals surface area contributed by atoms with Crippen molar-refractivity contribution in [3.05, 3.63) is 11.9 Å². The molecule has 1 atom stereocenters. The van der Waals surface area contributed by atoms with Crippen LogP contribution in [0.15, 0.2) is 11.1 Å². The van der Waals surface area contributed by atoms with Gasteiger partial charge in [-0.3, -0.25) is 5.10 Å². The standard InChI is InChI=1S/C11H21N3O3S/c1-3-4-10(5-6-15)7-13-18(16,17)11-8-12-14-9(11)2/h8,10,13,15H,3-7H2,1-2H3,(H,12,14). The summed E-state index contributed by atoms with van der Waals surface area (Å²) >= 11 is 0. The van der Waals surface area contributed by atoms with E-state index in [0.29, 0.717) is 18.7 Å². The van der Waals surface area contributed by atoms with Crippen molar-refractivity contribution in [1.29, 1.82) is 0 Å². The van der Waals surface area contributed by atoms with Crippen LogP contribution in [0.4, 0.5) is 0 Å². The number of H-pyrrole nitrogens is 1. The molecule has 0 fully saturated rings. The van der Waals surface area contributed by atoms with Gasteiger partial charge in [0.1, 0.15) is 4.90 Å². The highest BCUT2D eigenvalue weighted by molar-refractivity contribution is 7.89. The molecule has 0 aliphatic heterocycles. The normalized spacial score (nSPS) is 13.7. The molecule has 0 amide bonds. The zero-order valence-corrected chi connectivity index (χ0v) is 11.6. The fraction of sp³-hybridized carbons (Fsp3) is 0.727. The van der Waals surface area contributed by atoms with Gasteiger partial charge in [0.2, 0.25) is 10.0 Å². The smallest absolute Gasteiger partial charge is 0.243 e. The van der Waals surface area contributed by atoms with Gasteiger partial charge in [-0.2, -0.15) is 5.10 Å². The molecule has 0 aliphatic rings. The second-order valence-corrected chi connectivity index (χ2v) is 6.11. The predicted molar refractivity (Wildman–Crippen MR) is 68.6 cm³/mol. The molecular formula is C11H21N3O3S. The molecule has 6 nitrogen and oxygen atoms in total. The van der Waals surface area contributed by atoms with Crippen molar-refractivity contribution in [2.24, 2.45) is 5.92 Å². The first kappa shape index (κ1) is 15.1. The third kappa shape index (κ3) is 4.08. The van der Waals surface area contributed by atoms with Gasteiger partial charge in [0.05, 0.1) is 11.9 Å². The van der Waals surface area contributed by atoms with E-state index in [4.69, 9.17) is 5.11 Å². The fourth-order valence-corrected chi connectivity index (χ4v) is 3.11. The van der Waals surface area contributed by atoms with Crippen LogP contribution < -0.4 is 4.72 Å². The van der Waals surface area contributed by atoms with Crippen LogP contribution in [0.25, 0.3) is 0 Å². The lowest BCUT2D eigenvalue weighted by atomic mass is 10.0. The molecule has 104 valence electrons. The number of nitrogens with one attached hydrogen (secondary N) is 2. The average molecular weight is 275 g/mol. The highest BCUT2D eigenvalue weighted by Crippen LogP contribution is 2.14. The van der Waals surface area contributed by atoms with E-state index < -0.39 is 10.0 Å². The number of hydrogen-bond acceptors (Lipinski definition) is 4. The lowest BCUT2D eigenvalue weighted by Gasteiger charge is -2.15. The van der Waals surface area contributed by atoms with Gasteiger partial charge in [-0.25, -0.2) is 13.1 Å². The largest absolute Gasteiger partial charge is 0.396 e. The SMILES string of the molecule is CCCC(CCO)CNS(=O)(=O)c1cn[nH]c1C. The van der Waals surface area contributed by atoms with Crippen LogP contribution in [0.3, 0.4) is 0 Å². The van der Waals surface area contributed by atoms with E-state index in [1.807, 2.05) is 6.92 Å². The van der Waals surface area contributed by atoms with Crippen molar-refractivity contribution < 1.29 is 13.5 Å². The van der Waals surface area contributed by atoms with Gasteiger partial charge < -0.3 is 5.11 Å². The molecule has 1 aromatic rings. The van der Waals surface area contributed by atoms with E-state index in [9.17, 15) is 8.42 Å². The second kappa shape index (κ2) is 6.86. The number of aliphatic hydroxyl groups excluding tert-OH is 1. The molecule has 0 aromatic carbocycles. The van der Waals surface area contributed by atoms with Crippen LogP contribution >= 0.6 is 0 Å². The van der Waals surface area contributed by atoms with Crippen LogP contribution in [0.5, 0.6) is 0 Å². The molecule has 0 saturated carbocycles. The molecule has 3 N–H and O–H groups in total. The Hall–Kier alpha value is -0.920. The summed E-state index contributed by atoms with van der Waals surface area (Å²) in [6, 6.07) is 0. The summed E-state index contributed by atoms with van der Waals surface area (Å²) < 4.78 is 26.6. The number of sulfonamides is 1. The van der Waals surface area contributed by atoms with Gasteiger partial charge in [-0.1, -0.05) is 13.3 Å². The minimum Gasteiger partial charge on any atom is -0.396 e. The maximum Gasteiger partial charge on any atom is 0.243 e. The van der Waals surface area contributed by atoms with Crippen molar-refractivity contribution in [1.82, 2.24) is 14.9 Å². The van der Waals surface area contributed by atoms with Crippen LogP contribution in [0, 0.1) is 12.8 Å². The van der Waals surface area contributed by atoms with Crippen LogP contribution in [0.2, 0.25) is 0 Å². The Kier molecular flexibility index (Phi) is 5.77. The zero-order chi connectivity index (χ0) is 13.6. The van der Waals surface area contributed by atoms with Gasteiger partial charge >= 0.3 is 0 Å².